The monoisotopic (exact) mass is 300 g/mol. The summed E-state index contributed by atoms with van der Waals surface area (Å²) in [6, 6.07) is 3.53. The second kappa shape index (κ2) is 4.22. The van der Waals surface area contributed by atoms with E-state index in [1.54, 1.807) is 19.2 Å². The smallest absolute Gasteiger partial charge is 0.314 e. The third-order valence-corrected chi connectivity index (χ3v) is 3.73. The molecule has 1 aliphatic rings. The number of carbonyl (C=O) groups is 1. The Morgan fingerprint density at radius 3 is 2.41 bits per heavy atom. The fraction of sp³-hybridized carbons (Fsp3) is 0.417. The lowest BCUT2D eigenvalue weighted by Gasteiger charge is -2.15. The largest absolute Gasteiger partial charge is 0.493 e. The maximum atomic E-state index is 11.3. The number of hydrogen-bond acceptors (Lipinski definition) is 3. The van der Waals surface area contributed by atoms with Crippen LogP contribution in [0.3, 0.4) is 0 Å². The van der Waals surface area contributed by atoms with Crippen molar-refractivity contribution in [1.82, 2.24) is 0 Å². The van der Waals surface area contributed by atoms with Crippen LogP contribution in [0.2, 0.25) is 0 Å². The van der Waals surface area contributed by atoms with Crippen molar-refractivity contribution in [1.29, 1.82) is 0 Å². The van der Waals surface area contributed by atoms with E-state index in [0.29, 0.717) is 28.8 Å². The third-order valence-electron chi connectivity index (χ3n) is 3.15. The van der Waals surface area contributed by atoms with Gasteiger partial charge >= 0.3 is 5.97 Å². The standard InChI is InChI=1S/C12H13BrO4/c1-16-9-6-7(5-8(13)10(9)17-2)12(3-4-12)11(14)15/h5-6H,3-4H2,1-2H3,(H,14,15). The number of carboxylic acid groups (broad SMARTS) is 1. The Morgan fingerprint density at radius 2 is 2.00 bits per heavy atom. The van der Waals surface area contributed by atoms with Gasteiger partial charge in [0, 0.05) is 0 Å². The summed E-state index contributed by atoms with van der Waals surface area (Å²) in [7, 11) is 3.08. The van der Waals surface area contributed by atoms with Crippen LogP contribution in [0.4, 0.5) is 0 Å². The van der Waals surface area contributed by atoms with Gasteiger partial charge in [-0.2, -0.15) is 0 Å². The van der Waals surface area contributed by atoms with E-state index in [9.17, 15) is 9.90 Å². The normalized spacial score (nSPS) is 16.4. The van der Waals surface area contributed by atoms with Crippen LogP contribution in [0.15, 0.2) is 16.6 Å². The Balaban J connectivity index is 2.51. The molecule has 1 fully saturated rings. The molecule has 0 saturated heterocycles. The predicted molar refractivity (Wildman–Crippen MR) is 65.8 cm³/mol. The molecule has 5 heteroatoms. The van der Waals surface area contributed by atoms with E-state index in [4.69, 9.17) is 9.47 Å². The van der Waals surface area contributed by atoms with Crippen molar-refractivity contribution in [2.24, 2.45) is 0 Å². The highest BCUT2D eigenvalue weighted by Gasteiger charge is 2.52. The van der Waals surface area contributed by atoms with Crippen LogP contribution in [0.25, 0.3) is 0 Å². The lowest BCUT2D eigenvalue weighted by Crippen LogP contribution is -2.19. The fourth-order valence-electron chi connectivity index (χ4n) is 1.95. The Morgan fingerprint density at radius 1 is 1.35 bits per heavy atom. The minimum atomic E-state index is -0.781. The first-order valence-corrected chi connectivity index (χ1v) is 6.00. The molecular weight excluding hydrogens is 288 g/mol. The van der Waals surface area contributed by atoms with Crippen molar-refractivity contribution in [3.63, 3.8) is 0 Å². The number of halogens is 1. The molecule has 0 spiro atoms. The molecule has 0 atom stereocenters. The first kappa shape index (κ1) is 12.2. The molecule has 92 valence electrons. The lowest BCUT2D eigenvalue weighted by molar-refractivity contribution is -0.140. The fourth-order valence-corrected chi connectivity index (χ4v) is 2.55. The second-order valence-corrected chi connectivity index (χ2v) is 4.94. The summed E-state index contributed by atoms with van der Waals surface area (Å²) in [5.41, 5.74) is 0.0248. The molecule has 0 amide bonds. The zero-order valence-corrected chi connectivity index (χ0v) is 11.2. The number of hydrogen-bond donors (Lipinski definition) is 1. The van der Waals surface area contributed by atoms with Crippen LogP contribution >= 0.6 is 15.9 Å². The average molecular weight is 301 g/mol. The molecule has 1 aromatic carbocycles. The van der Waals surface area contributed by atoms with Crippen LogP contribution in [0.1, 0.15) is 18.4 Å². The van der Waals surface area contributed by atoms with E-state index in [0.717, 1.165) is 5.56 Å². The molecule has 1 aliphatic carbocycles. The molecule has 1 N–H and O–H groups in total. The zero-order valence-electron chi connectivity index (χ0n) is 9.62. The van der Waals surface area contributed by atoms with E-state index in [1.165, 1.54) is 7.11 Å². The van der Waals surface area contributed by atoms with Gasteiger partial charge in [-0.3, -0.25) is 4.79 Å². The van der Waals surface area contributed by atoms with Crippen LogP contribution in [0.5, 0.6) is 11.5 Å². The van der Waals surface area contributed by atoms with Gasteiger partial charge in [0.25, 0.3) is 0 Å². The number of rotatable bonds is 4. The van der Waals surface area contributed by atoms with E-state index in [2.05, 4.69) is 15.9 Å². The molecule has 4 nitrogen and oxygen atoms in total. The highest BCUT2D eigenvalue weighted by Crippen LogP contribution is 2.51. The molecule has 0 bridgehead atoms. The number of aliphatic carboxylic acids is 1. The van der Waals surface area contributed by atoms with Crippen molar-refractivity contribution >= 4 is 21.9 Å². The molecular formula is C12H13BrO4. The van der Waals surface area contributed by atoms with Gasteiger partial charge in [-0.15, -0.1) is 0 Å². The number of methoxy groups -OCH3 is 2. The van der Waals surface area contributed by atoms with Crippen LogP contribution in [-0.4, -0.2) is 25.3 Å². The second-order valence-electron chi connectivity index (χ2n) is 4.08. The van der Waals surface area contributed by atoms with Gasteiger partial charge in [-0.25, -0.2) is 0 Å². The lowest BCUT2D eigenvalue weighted by atomic mass is 9.96. The topological polar surface area (TPSA) is 55.8 Å². The van der Waals surface area contributed by atoms with Gasteiger partial charge < -0.3 is 14.6 Å². The van der Waals surface area contributed by atoms with Gasteiger partial charge in [0.15, 0.2) is 11.5 Å². The summed E-state index contributed by atoms with van der Waals surface area (Å²) in [5, 5.41) is 9.25. The zero-order chi connectivity index (χ0) is 12.6. The van der Waals surface area contributed by atoms with Gasteiger partial charge in [0.05, 0.1) is 24.1 Å². The van der Waals surface area contributed by atoms with Crippen molar-refractivity contribution in [2.45, 2.75) is 18.3 Å². The maximum Gasteiger partial charge on any atom is 0.314 e. The molecule has 2 rings (SSSR count). The molecule has 0 heterocycles. The van der Waals surface area contributed by atoms with E-state index < -0.39 is 11.4 Å². The Hall–Kier alpha value is -1.23. The summed E-state index contributed by atoms with van der Waals surface area (Å²) < 4.78 is 11.1. The SMILES string of the molecule is COc1cc(C2(C(=O)O)CC2)cc(Br)c1OC. The summed E-state index contributed by atoms with van der Waals surface area (Å²) in [5.74, 6) is 0.346. The van der Waals surface area contributed by atoms with Crippen LogP contribution in [-0.2, 0) is 10.2 Å². The maximum absolute atomic E-state index is 11.3. The Kier molecular flexibility index (Phi) is 3.03. The van der Waals surface area contributed by atoms with E-state index in [-0.39, 0.29) is 0 Å². The van der Waals surface area contributed by atoms with Gasteiger partial charge in [-0.05, 0) is 46.5 Å². The van der Waals surface area contributed by atoms with Crippen LogP contribution < -0.4 is 9.47 Å². The molecule has 1 aromatic rings. The summed E-state index contributed by atoms with van der Waals surface area (Å²) in [4.78, 5) is 11.3. The highest BCUT2D eigenvalue weighted by atomic mass is 79.9. The Labute approximate surface area is 108 Å². The molecule has 0 aromatic heterocycles. The average Bonchev–Trinajstić information content (AvgIpc) is 3.08. The Bertz CT molecular complexity index is 466. The molecule has 17 heavy (non-hydrogen) atoms. The van der Waals surface area contributed by atoms with Crippen molar-refractivity contribution in [3.05, 3.63) is 22.2 Å². The first-order chi connectivity index (χ1) is 8.05. The van der Waals surface area contributed by atoms with Crippen LogP contribution in [0, 0.1) is 0 Å². The number of benzene rings is 1. The minimum Gasteiger partial charge on any atom is -0.493 e. The summed E-state index contributed by atoms with van der Waals surface area (Å²) in [6.45, 7) is 0. The van der Waals surface area contributed by atoms with Gasteiger partial charge in [0.1, 0.15) is 0 Å². The van der Waals surface area contributed by atoms with Crippen molar-refractivity contribution in [3.8, 4) is 11.5 Å². The quantitative estimate of drug-likeness (QED) is 0.928. The number of carboxylic acids is 1. The minimum absolute atomic E-state index is 0.546. The van der Waals surface area contributed by atoms with Crippen molar-refractivity contribution < 1.29 is 19.4 Å². The first-order valence-electron chi connectivity index (χ1n) is 5.20. The molecule has 0 radical (unpaired) electrons. The van der Waals surface area contributed by atoms with E-state index >= 15 is 0 Å². The van der Waals surface area contributed by atoms with Gasteiger partial charge in [0.2, 0.25) is 0 Å². The van der Waals surface area contributed by atoms with Crippen molar-refractivity contribution in [2.75, 3.05) is 14.2 Å². The van der Waals surface area contributed by atoms with E-state index in [1.807, 2.05) is 0 Å². The molecule has 0 aliphatic heterocycles. The number of ether oxygens (including phenoxy) is 2. The summed E-state index contributed by atoms with van der Waals surface area (Å²) in [6.07, 6.45) is 1.34. The molecule has 1 saturated carbocycles. The summed E-state index contributed by atoms with van der Waals surface area (Å²) >= 11 is 3.37. The molecule has 0 unspecified atom stereocenters. The third kappa shape index (κ3) is 1.88. The predicted octanol–water partition coefficient (Wildman–Crippen LogP) is 2.58. The highest BCUT2D eigenvalue weighted by molar-refractivity contribution is 9.10. The van der Waals surface area contributed by atoms with Gasteiger partial charge in [-0.1, -0.05) is 0 Å².